The summed E-state index contributed by atoms with van der Waals surface area (Å²) < 4.78 is 0. The maximum Gasteiger partial charge on any atom is 0.327 e. The number of urea groups is 1. The highest BCUT2D eigenvalue weighted by molar-refractivity contribution is 6.03. The third-order valence-corrected chi connectivity index (χ3v) is 2.64. The van der Waals surface area contributed by atoms with Gasteiger partial charge in [-0.3, -0.25) is 9.69 Å². The van der Waals surface area contributed by atoms with Crippen LogP contribution in [0.1, 0.15) is 33.6 Å². The minimum atomic E-state index is -0.274. The molecule has 0 aromatic rings. The molecule has 0 aromatic heterocycles. The Morgan fingerprint density at radius 1 is 1.29 bits per heavy atom. The number of hydrogen-bond acceptors (Lipinski definition) is 2. The molecule has 0 aliphatic carbocycles. The molecule has 0 radical (unpaired) electrons. The molecule has 1 heterocycles. The molecule has 1 atom stereocenters. The van der Waals surface area contributed by atoms with E-state index in [9.17, 15) is 9.59 Å². The summed E-state index contributed by atoms with van der Waals surface area (Å²) in [6, 6.07) is -0.400. The van der Waals surface area contributed by atoms with Crippen LogP contribution in [-0.2, 0) is 4.79 Å². The van der Waals surface area contributed by atoms with Crippen LogP contribution in [0.3, 0.4) is 0 Å². The first-order chi connectivity index (χ1) is 6.63. The highest BCUT2D eigenvalue weighted by Gasteiger charge is 2.40. The van der Waals surface area contributed by atoms with Crippen molar-refractivity contribution in [2.24, 2.45) is 0 Å². The minimum Gasteiger partial charge on any atom is -0.313 e. The maximum absolute atomic E-state index is 11.7. The van der Waals surface area contributed by atoms with Crippen molar-refractivity contribution in [2.75, 3.05) is 13.1 Å². The Hall–Kier alpha value is -1.06. The van der Waals surface area contributed by atoms with Gasteiger partial charge in [0.1, 0.15) is 6.04 Å². The van der Waals surface area contributed by atoms with Gasteiger partial charge in [0.15, 0.2) is 0 Å². The van der Waals surface area contributed by atoms with Crippen LogP contribution >= 0.6 is 0 Å². The molecule has 0 bridgehead atoms. The van der Waals surface area contributed by atoms with Crippen LogP contribution in [0.25, 0.3) is 0 Å². The number of amides is 3. The van der Waals surface area contributed by atoms with E-state index in [2.05, 4.69) is 0 Å². The molecule has 14 heavy (non-hydrogen) atoms. The van der Waals surface area contributed by atoms with Crippen LogP contribution in [0.15, 0.2) is 0 Å². The quantitative estimate of drug-likeness (QED) is 0.642. The lowest BCUT2D eigenvalue weighted by atomic mass is 10.3. The number of imide groups is 1. The number of rotatable bonds is 4. The SMILES string of the molecule is CCCCN1C(=O)C(C)N(CC)C1=O. The molecule has 1 fully saturated rings. The van der Waals surface area contributed by atoms with Crippen LogP contribution in [-0.4, -0.2) is 40.9 Å². The summed E-state index contributed by atoms with van der Waals surface area (Å²) in [5.74, 6) is -0.0506. The number of likely N-dealkylation sites (N-methyl/N-ethyl adjacent to an activating group) is 1. The molecule has 0 aromatic carbocycles. The molecule has 0 spiro atoms. The van der Waals surface area contributed by atoms with Gasteiger partial charge in [-0.25, -0.2) is 4.79 Å². The van der Waals surface area contributed by atoms with Gasteiger partial charge in [0.2, 0.25) is 0 Å². The van der Waals surface area contributed by atoms with Crippen LogP contribution in [0.5, 0.6) is 0 Å². The predicted molar refractivity (Wildman–Crippen MR) is 53.9 cm³/mol. The summed E-state index contributed by atoms with van der Waals surface area (Å²) in [4.78, 5) is 26.3. The lowest BCUT2D eigenvalue weighted by Gasteiger charge is -2.16. The molecule has 1 aliphatic heterocycles. The van der Waals surface area contributed by atoms with E-state index >= 15 is 0 Å². The first-order valence-electron chi connectivity index (χ1n) is 5.25. The average Bonchev–Trinajstić information content (AvgIpc) is 2.37. The Morgan fingerprint density at radius 2 is 1.93 bits per heavy atom. The smallest absolute Gasteiger partial charge is 0.313 e. The van der Waals surface area contributed by atoms with Crippen molar-refractivity contribution >= 4 is 11.9 Å². The molecule has 1 aliphatic rings. The van der Waals surface area contributed by atoms with Crippen molar-refractivity contribution in [3.05, 3.63) is 0 Å². The zero-order valence-electron chi connectivity index (χ0n) is 9.12. The minimum absolute atomic E-state index is 0.0506. The van der Waals surface area contributed by atoms with Gasteiger partial charge in [-0.05, 0) is 20.3 Å². The van der Waals surface area contributed by atoms with Crippen molar-refractivity contribution in [3.8, 4) is 0 Å². The molecule has 80 valence electrons. The molecule has 1 saturated heterocycles. The Balaban J connectivity index is 2.68. The molecule has 1 unspecified atom stereocenters. The van der Waals surface area contributed by atoms with E-state index < -0.39 is 0 Å². The number of nitrogens with zero attached hydrogens (tertiary/aromatic N) is 2. The number of hydrogen-bond donors (Lipinski definition) is 0. The Kier molecular flexibility index (Phi) is 3.49. The van der Waals surface area contributed by atoms with Crippen molar-refractivity contribution in [3.63, 3.8) is 0 Å². The van der Waals surface area contributed by atoms with Gasteiger partial charge in [-0.1, -0.05) is 13.3 Å². The molecule has 3 amide bonds. The van der Waals surface area contributed by atoms with E-state index in [1.165, 1.54) is 4.90 Å². The zero-order chi connectivity index (χ0) is 10.7. The fourth-order valence-corrected chi connectivity index (χ4v) is 1.71. The highest BCUT2D eigenvalue weighted by atomic mass is 16.2. The Morgan fingerprint density at radius 3 is 2.36 bits per heavy atom. The van der Waals surface area contributed by atoms with Crippen molar-refractivity contribution in [1.82, 2.24) is 9.80 Å². The monoisotopic (exact) mass is 198 g/mol. The summed E-state index contributed by atoms with van der Waals surface area (Å²) in [7, 11) is 0. The van der Waals surface area contributed by atoms with Gasteiger partial charge in [0.25, 0.3) is 5.91 Å². The van der Waals surface area contributed by atoms with Crippen molar-refractivity contribution < 1.29 is 9.59 Å². The molecular weight excluding hydrogens is 180 g/mol. The fraction of sp³-hybridized carbons (Fsp3) is 0.800. The standard InChI is InChI=1S/C10H18N2O2/c1-4-6-7-12-9(13)8(3)11(5-2)10(12)14/h8H,4-7H2,1-3H3. The second-order valence-electron chi connectivity index (χ2n) is 3.59. The second-order valence-corrected chi connectivity index (χ2v) is 3.59. The van der Waals surface area contributed by atoms with E-state index in [0.717, 1.165) is 12.8 Å². The van der Waals surface area contributed by atoms with Crippen molar-refractivity contribution in [1.29, 1.82) is 0 Å². The summed E-state index contributed by atoms with van der Waals surface area (Å²) in [5, 5.41) is 0. The third-order valence-electron chi connectivity index (χ3n) is 2.64. The van der Waals surface area contributed by atoms with Crippen LogP contribution in [0.4, 0.5) is 4.79 Å². The van der Waals surface area contributed by atoms with Gasteiger partial charge >= 0.3 is 6.03 Å². The Labute approximate surface area is 84.9 Å². The normalized spacial score (nSPS) is 22.4. The Bertz CT molecular complexity index is 240. The summed E-state index contributed by atoms with van der Waals surface area (Å²) in [6.45, 7) is 6.90. The molecular formula is C10H18N2O2. The summed E-state index contributed by atoms with van der Waals surface area (Å²) in [6.07, 6.45) is 1.89. The maximum atomic E-state index is 11.7. The van der Waals surface area contributed by atoms with E-state index in [-0.39, 0.29) is 18.0 Å². The lowest BCUT2D eigenvalue weighted by molar-refractivity contribution is -0.127. The largest absolute Gasteiger partial charge is 0.327 e. The summed E-state index contributed by atoms with van der Waals surface area (Å²) in [5.41, 5.74) is 0. The predicted octanol–water partition coefficient (Wildman–Crippen LogP) is 1.46. The first kappa shape index (κ1) is 11.0. The van der Waals surface area contributed by atoms with E-state index in [4.69, 9.17) is 0 Å². The van der Waals surface area contributed by atoms with E-state index in [1.807, 2.05) is 13.8 Å². The zero-order valence-corrected chi connectivity index (χ0v) is 9.12. The molecule has 0 N–H and O–H groups in total. The van der Waals surface area contributed by atoms with Gasteiger partial charge in [0, 0.05) is 13.1 Å². The van der Waals surface area contributed by atoms with Crippen LogP contribution in [0, 0.1) is 0 Å². The van der Waals surface area contributed by atoms with Gasteiger partial charge < -0.3 is 4.90 Å². The fourth-order valence-electron chi connectivity index (χ4n) is 1.71. The topological polar surface area (TPSA) is 40.6 Å². The van der Waals surface area contributed by atoms with Gasteiger partial charge in [-0.15, -0.1) is 0 Å². The first-order valence-corrected chi connectivity index (χ1v) is 5.25. The highest BCUT2D eigenvalue weighted by Crippen LogP contribution is 2.17. The van der Waals surface area contributed by atoms with Gasteiger partial charge in [-0.2, -0.15) is 0 Å². The van der Waals surface area contributed by atoms with Crippen molar-refractivity contribution in [2.45, 2.75) is 39.7 Å². The van der Waals surface area contributed by atoms with Crippen LogP contribution in [0.2, 0.25) is 0 Å². The average molecular weight is 198 g/mol. The second kappa shape index (κ2) is 4.44. The molecule has 4 heteroatoms. The van der Waals surface area contributed by atoms with E-state index in [1.54, 1.807) is 11.8 Å². The number of unbranched alkanes of at least 4 members (excludes halogenated alkanes) is 1. The third kappa shape index (κ3) is 1.74. The lowest BCUT2D eigenvalue weighted by Crippen LogP contribution is -2.34. The van der Waals surface area contributed by atoms with Gasteiger partial charge in [0.05, 0.1) is 0 Å². The molecule has 0 saturated carbocycles. The number of carbonyl (C=O) groups excluding carboxylic acids is 2. The molecule has 4 nitrogen and oxygen atoms in total. The molecule has 1 rings (SSSR count). The summed E-state index contributed by atoms with van der Waals surface area (Å²) >= 11 is 0. The van der Waals surface area contributed by atoms with E-state index in [0.29, 0.717) is 13.1 Å². The van der Waals surface area contributed by atoms with Crippen LogP contribution < -0.4 is 0 Å². The number of carbonyl (C=O) groups is 2.